The lowest BCUT2D eigenvalue weighted by Gasteiger charge is -2.26. The zero-order valence-electron chi connectivity index (χ0n) is 37.5. The van der Waals surface area contributed by atoms with Crippen molar-refractivity contribution in [1.82, 2.24) is 4.57 Å². The number of rotatable bonds is 10. The fraction of sp³-hybridized carbons (Fsp3) is 0. The van der Waals surface area contributed by atoms with Crippen molar-refractivity contribution < 1.29 is 0 Å². The van der Waals surface area contributed by atoms with Crippen LogP contribution in [0.3, 0.4) is 0 Å². The normalized spacial score (nSPS) is 11.2. The van der Waals surface area contributed by atoms with Crippen LogP contribution in [0.2, 0.25) is 0 Å². The van der Waals surface area contributed by atoms with Crippen molar-refractivity contribution in [2.24, 2.45) is 0 Å². The topological polar surface area (TPSA) is 8.17 Å². The smallest absolute Gasteiger partial charge is 0.0541 e. The first-order valence-electron chi connectivity index (χ1n) is 23.3. The fourth-order valence-electron chi connectivity index (χ4n) is 9.76. The van der Waals surface area contributed by atoms with E-state index in [1.54, 1.807) is 0 Å². The maximum atomic E-state index is 2.46. The van der Waals surface area contributed by atoms with Crippen molar-refractivity contribution in [3.05, 3.63) is 279 Å². The molecule has 1 aromatic heterocycles. The van der Waals surface area contributed by atoms with Gasteiger partial charge in [-0.2, -0.15) is 0 Å². The van der Waals surface area contributed by atoms with Gasteiger partial charge in [-0.25, -0.2) is 0 Å². The summed E-state index contributed by atoms with van der Waals surface area (Å²) in [6.07, 6.45) is 0. The molecule has 0 bridgehead atoms. The molecule has 2 nitrogen and oxygen atoms in total. The molecule has 12 aromatic rings. The molecule has 0 aliphatic heterocycles. The van der Waals surface area contributed by atoms with E-state index in [1.165, 1.54) is 71.9 Å². The molecule has 0 aliphatic rings. The molecule has 68 heavy (non-hydrogen) atoms. The average Bonchev–Trinajstić information content (AvgIpc) is 3.75. The number of fused-ring (bicyclic) bond motifs is 3. The highest BCUT2D eigenvalue weighted by Crippen LogP contribution is 2.42. The molecule has 1 heterocycles. The van der Waals surface area contributed by atoms with Crippen molar-refractivity contribution in [1.29, 1.82) is 0 Å². The maximum absolute atomic E-state index is 2.46. The van der Waals surface area contributed by atoms with E-state index < -0.39 is 0 Å². The van der Waals surface area contributed by atoms with Crippen LogP contribution in [0.15, 0.2) is 279 Å². The molecule has 0 radical (unpaired) electrons. The average molecular weight is 867 g/mol. The Morgan fingerprint density at radius 2 is 0.529 bits per heavy atom. The first kappa shape index (κ1) is 40.5. The third-order valence-electron chi connectivity index (χ3n) is 13.2. The first-order chi connectivity index (χ1) is 33.7. The Hall–Kier alpha value is -8.98. The van der Waals surface area contributed by atoms with Crippen LogP contribution in [-0.2, 0) is 0 Å². The molecule has 0 spiro atoms. The van der Waals surface area contributed by atoms with Gasteiger partial charge in [-0.15, -0.1) is 0 Å². The van der Waals surface area contributed by atoms with E-state index in [1.807, 2.05) is 0 Å². The second kappa shape index (κ2) is 17.8. The summed E-state index contributed by atoms with van der Waals surface area (Å²) >= 11 is 0. The minimum Gasteiger partial charge on any atom is -0.310 e. The van der Waals surface area contributed by atoms with Crippen LogP contribution in [0.25, 0.3) is 94.3 Å². The van der Waals surface area contributed by atoms with Gasteiger partial charge in [-0.1, -0.05) is 200 Å². The van der Waals surface area contributed by atoms with Gasteiger partial charge in [-0.3, -0.25) is 0 Å². The van der Waals surface area contributed by atoms with Crippen molar-refractivity contribution >= 4 is 38.9 Å². The van der Waals surface area contributed by atoms with Crippen LogP contribution < -0.4 is 4.90 Å². The van der Waals surface area contributed by atoms with E-state index in [4.69, 9.17) is 0 Å². The molecule has 0 N–H and O–H groups in total. The molecule has 12 rings (SSSR count). The molecule has 0 unspecified atom stereocenters. The van der Waals surface area contributed by atoms with Gasteiger partial charge in [0.2, 0.25) is 0 Å². The van der Waals surface area contributed by atoms with E-state index in [0.717, 1.165) is 39.4 Å². The number of anilines is 3. The van der Waals surface area contributed by atoms with Crippen LogP contribution in [0.1, 0.15) is 0 Å². The molecule has 0 saturated heterocycles. The molecule has 11 aromatic carbocycles. The van der Waals surface area contributed by atoms with Gasteiger partial charge in [-0.05, 0) is 146 Å². The lowest BCUT2D eigenvalue weighted by atomic mass is 9.97. The summed E-state index contributed by atoms with van der Waals surface area (Å²) in [7, 11) is 0. The molecule has 2 heteroatoms. The molecule has 0 fully saturated rings. The zero-order chi connectivity index (χ0) is 45.2. The Morgan fingerprint density at radius 1 is 0.206 bits per heavy atom. The number of benzene rings is 11. The lowest BCUT2D eigenvalue weighted by molar-refractivity contribution is 1.18. The molecular weight excluding hydrogens is 821 g/mol. The Morgan fingerprint density at radius 3 is 0.956 bits per heavy atom. The zero-order valence-corrected chi connectivity index (χ0v) is 37.5. The number of hydrogen-bond donors (Lipinski definition) is 0. The molecule has 0 atom stereocenters. The molecule has 320 valence electrons. The van der Waals surface area contributed by atoms with E-state index in [2.05, 4.69) is 289 Å². The van der Waals surface area contributed by atoms with Crippen LogP contribution >= 0.6 is 0 Å². The largest absolute Gasteiger partial charge is 0.310 e. The van der Waals surface area contributed by atoms with Gasteiger partial charge in [0.05, 0.1) is 11.0 Å². The lowest BCUT2D eigenvalue weighted by Crippen LogP contribution is -2.10. The van der Waals surface area contributed by atoms with Crippen LogP contribution in [-0.4, -0.2) is 4.57 Å². The number of hydrogen-bond acceptors (Lipinski definition) is 1. The molecule has 0 aliphatic carbocycles. The van der Waals surface area contributed by atoms with Crippen molar-refractivity contribution in [2.45, 2.75) is 0 Å². The molecule has 0 saturated carbocycles. The van der Waals surface area contributed by atoms with Gasteiger partial charge >= 0.3 is 0 Å². The summed E-state index contributed by atoms with van der Waals surface area (Å²) < 4.78 is 2.46. The van der Waals surface area contributed by atoms with E-state index in [9.17, 15) is 0 Å². The summed E-state index contributed by atoms with van der Waals surface area (Å²) in [5.74, 6) is 0. The van der Waals surface area contributed by atoms with E-state index in [0.29, 0.717) is 0 Å². The van der Waals surface area contributed by atoms with E-state index in [-0.39, 0.29) is 0 Å². The highest BCUT2D eigenvalue weighted by molar-refractivity contribution is 6.12. The Balaban J connectivity index is 1.03. The van der Waals surface area contributed by atoms with Gasteiger partial charge in [0.25, 0.3) is 0 Å². The monoisotopic (exact) mass is 866 g/mol. The summed E-state index contributed by atoms with van der Waals surface area (Å²) in [6, 6.07) is 101. The SMILES string of the molecule is c1ccc(-c2ccc(N(c3ccc(-c4ccccc4)cc3)c3cccc(-c4cc(-c5ccccc5)cc(-n5c6ccc(-c7ccccc7)cc6c6cc(-c7ccccc7)ccc65)c4)c3)cc2)cc1. The Labute approximate surface area is 397 Å². The Bertz CT molecular complexity index is 3490. The summed E-state index contributed by atoms with van der Waals surface area (Å²) in [4.78, 5) is 2.37. The Kier molecular flexibility index (Phi) is 10.6. The second-order valence-corrected chi connectivity index (χ2v) is 17.4. The highest BCUT2D eigenvalue weighted by atomic mass is 15.1. The minimum absolute atomic E-state index is 1.08. The summed E-state index contributed by atoms with van der Waals surface area (Å²) in [5.41, 5.74) is 20.9. The fourth-order valence-corrected chi connectivity index (χ4v) is 9.76. The van der Waals surface area contributed by atoms with Crippen molar-refractivity contribution in [3.8, 4) is 72.4 Å². The summed E-state index contributed by atoms with van der Waals surface area (Å²) in [5, 5.41) is 2.44. The first-order valence-corrected chi connectivity index (χ1v) is 23.3. The van der Waals surface area contributed by atoms with Gasteiger partial charge in [0, 0.05) is 33.5 Å². The van der Waals surface area contributed by atoms with Crippen LogP contribution in [0.4, 0.5) is 17.1 Å². The van der Waals surface area contributed by atoms with E-state index >= 15 is 0 Å². The van der Waals surface area contributed by atoms with Crippen LogP contribution in [0, 0.1) is 0 Å². The number of nitrogens with zero attached hydrogens (tertiary/aromatic N) is 2. The standard InChI is InChI=1S/C66H46N2/c1-6-17-47(18-7-1)52-29-35-59(36-30-52)67(60-37-31-53(32-38-60)48-19-8-2-9-20-48)61-28-16-27-54(42-61)58-41-57(51-25-14-5-15-26-51)43-62(44-58)68-65-39-33-55(49-21-10-3-11-22-49)45-63(65)64-46-56(34-40-66(64)68)50-23-12-4-13-24-50/h1-46H. The highest BCUT2D eigenvalue weighted by Gasteiger charge is 2.19. The van der Waals surface area contributed by atoms with Crippen molar-refractivity contribution in [3.63, 3.8) is 0 Å². The van der Waals surface area contributed by atoms with Crippen LogP contribution in [0.5, 0.6) is 0 Å². The predicted molar refractivity (Wildman–Crippen MR) is 288 cm³/mol. The van der Waals surface area contributed by atoms with Gasteiger partial charge in [0.1, 0.15) is 0 Å². The number of aromatic nitrogens is 1. The third-order valence-corrected chi connectivity index (χ3v) is 13.2. The van der Waals surface area contributed by atoms with Crippen molar-refractivity contribution in [2.75, 3.05) is 4.90 Å². The third kappa shape index (κ3) is 7.85. The summed E-state index contributed by atoms with van der Waals surface area (Å²) in [6.45, 7) is 0. The predicted octanol–water partition coefficient (Wildman–Crippen LogP) is 18.3. The quantitative estimate of drug-likeness (QED) is 0.133. The maximum Gasteiger partial charge on any atom is 0.0541 e. The molecular formula is C66H46N2. The molecule has 0 amide bonds. The van der Waals surface area contributed by atoms with Gasteiger partial charge < -0.3 is 9.47 Å². The van der Waals surface area contributed by atoms with Gasteiger partial charge in [0.15, 0.2) is 0 Å². The minimum atomic E-state index is 1.08. The second-order valence-electron chi connectivity index (χ2n) is 17.4.